The average molecular weight is 399 g/mol. The first-order chi connectivity index (χ1) is 14.0. The summed E-state index contributed by atoms with van der Waals surface area (Å²) in [5.41, 5.74) is 1.49. The van der Waals surface area contributed by atoms with E-state index in [-0.39, 0.29) is 24.3 Å². The third-order valence-electron chi connectivity index (χ3n) is 5.04. The van der Waals surface area contributed by atoms with Crippen LogP contribution in [0.1, 0.15) is 46.8 Å². The van der Waals surface area contributed by atoms with Crippen molar-refractivity contribution in [2.24, 2.45) is 0 Å². The molecule has 7 nitrogen and oxygen atoms in total. The smallest absolute Gasteiger partial charge is 0.257 e. The molecule has 0 spiro atoms. The number of amides is 2. The second-order valence-electron chi connectivity index (χ2n) is 7.38. The highest BCUT2D eigenvalue weighted by Crippen LogP contribution is 2.19. The molecule has 1 aliphatic heterocycles. The van der Waals surface area contributed by atoms with Gasteiger partial charge in [-0.3, -0.25) is 14.6 Å². The number of ether oxygens (including phenoxy) is 1. The Bertz CT molecular complexity index is 813. The van der Waals surface area contributed by atoms with Crippen molar-refractivity contribution in [1.29, 1.82) is 0 Å². The van der Waals surface area contributed by atoms with Crippen LogP contribution in [0, 0.1) is 13.8 Å². The van der Waals surface area contributed by atoms with Gasteiger partial charge in [-0.05, 0) is 44.9 Å². The quantitative estimate of drug-likeness (QED) is 0.701. The molecule has 0 aromatic carbocycles. The molecule has 1 unspecified atom stereocenters. The van der Waals surface area contributed by atoms with Crippen molar-refractivity contribution in [2.75, 3.05) is 26.2 Å². The van der Waals surface area contributed by atoms with E-state index in [9.17, 15) is 9.59 Å². The first-order valence-electron chi connectivity index (χ1n) is 10.2. The highest BCUT2D eigenvalue weighted by Gasteiger charge is 2.26. The summed E-state index contributed by atoms with van der Waals surface area (Å²) in [6.07, 6.45) is 4.63. The lowest BCUT2D eigenvalue weighted by molar-refractivity contribution is -0.121. The van der Waals surface area contributed by atoms with Crippen LogP contribution in [-0.2, 0) is 16.0 Å². The Labute approximate surface area is 171 Å². The number of hydrogen-bond donors (Lipinski definition) is 1. The van der Waals surface area contributed by atoms with Crippen molar-refractivity contribution in [1.82, 2.24) is 15.2 Å². The predicted molar refractivity (Wildman–Crippen MR) is 109 cm³/mol. The highest BCUT2D eigenvalue weighted by molar-refractivity contribution is 5.95. The van der Waals surface area contributed by atoms with Gasteiger partial charge >= 0.3 is 0 Å². The van der Waals surface area contributed by atoms with Crippen LogP contribution in [0.4, 0.5) is 0 Å². The van der Waals surface area contributed by atoms with Gasteiger partial charge in [0.2, 0.25) is 5.91 Å². The number of carbonyl (C=O) groups is 2. The number of carbonyl (C=O) groups excluding carboxylic acids is 2. The first-order valence-corrected chi connectivity index (χ1v) is 10.2. The number of rotatable bonds is 9. The number of aromatic nitrogens is 1. The minimum Gasteiger partial charge on any atom is -0.466 e. The topological polar surface area (TPSA) is 84.7 Å². The van der Waals surface area contributed by atoms with Gasteiger partial charge in [-0.25, -0.2) is 0 Å². The maximum absolute atomic E-state index is 13.0. The van der Waals surface area contributed by atoms with Crippen molar-refractivity contribution in [3.63, 3.8) is 0 Å². The van der Waals surface area contributed by atoms with Crippen LogP contribution in [0.15, 0.2) is 34.9 Å². The second kappa shape index (κ2) is 10.2. The molecule has 156 valence electrons. The lowest BCUT2D eigenvalue weighted by Crippen LogP contribution is -2.40. The van der Waals surface area contributed by atoms with E-state index in [1.807, 2.05) is 25.1 Å². The molecule has 2 aromatic heterocycles. The van der Waals surface area contributed by atoms with Crippen molar-refractivity contribution in [3.8, 4) is 0 Å². The second-order valence-corrected chi connectivity index (χ2v) is 7.38. The van der Waals surface area contributed by atoms with Gasteiger partial charge < -0.3 is 19.4 Å². The maximum Gasteiger partial charge on any atom is 0.257 e. The first kappa shape index (κ1) is 21.0. The van der Waals surface area contributed by atoms with Gasteiger partial charge in [0.15, 0.2) is 0 Å². The highest BCUT2D eigenvalue weighted by atomic mass is 16.5. The summed E-state index contributed by atoms with van der Waals surface area (Å²) >= 11 is 0. The molecule has 7 heteroatoms. The van der Waals surface area contributed by atoms with E-state index >= 15 is 0 Å². The lowest BCUT2D eigenvalue weighted by atomic mass is 10.1. The van der Waals surface area contributed by atoms with Crippen molar-refractivity contribution in [2.45, 2.75) is 45.6 Å². The molecule has 0 radical (unpaired) electrons. The molecule has 0 bridgehead atoms. The Morgan fingerprint density at radius 1 is 1.31 bits per heavy atom. The molecule has 1 fully saturated rings. The Balaban J connectivity index is 1.53. The monoisotopic (exact) mass is 399 g/mol. The summed E-state index contributed by atoms with van der Waals surface area (Å²) in [6.45, 7) is 5.69. The molecule has 29 heavy (non-hydrogen) atoms. The zero-order valence-corrected chi connectivity index (χ0v) is 17.1. The third-order valence-corrected chi connectivity index (χ3v) is 5.04. The fourth-order valence-corrected chi connectivity index (χ4v) is 3.52. The van der Waals surface area contributed by atoms with Crippen molar-refractivity contribution in [3.05, 3.63) is 53.2 Å². The zero-order valence-electron chi connectivity index (χ0n) is 17.1. The van der Waals surface area contributed by atoms with Crippen LogP contribution in [0.25, 0.3) is 0 Å². The van der Waals surface area contributed by atoms with E-state index in [0.29, 0.717) is 43.1 Å². The molecule has 1 aliphatic rings. The third kappa shape index (κ3) is 6.15. The molecule has 0 saturated carbocycles. The summed E-state index contributed by atoms with van der Waals surface area (Å²) in [5, 5.41) is 2.91. The van der Waals surface area contributed by atoms with Gasteiger partial charge in [-0.15, -0.1) is 0 Å². The molecule has 2 aromatic rings. The summed E-state index contributed by atoms with van der Waals surface area (Å²) in [6, 6.07) is 7.49. The van der Waals surface area contributed by atoms with E-state index < -0.39 is 0 Å². The van der Waals surface area contributed by atoms with Gasteiger partial charge in [-0.1, -0.05) is 6.07 Å². The number of nitrogens with zero attached hydrogens (tertiary/aromatic N) is 2. The van der Waals surface area contributed by atoms with Crippen LogP contribution in [0.2, 0.25) is 0 Å². The maximum atomic E-state index is 13.0. The van der Waals surface area contributed by atoms with Gasteiger partial charge in [0, 0.05) is 51.0 Å². The fraction of sp³-hybridized carbons (Fsp3) is 0.500. The van der Waals surface area contributed by atoms with Gasteiger partial charge in [0.1, 0.15) is 11.5 Å². The Hall–Kier alpha value is -2.67. The van der Waals surface area contributed by atoms with Crippen molar-refractivity contribution < 1.29 is 18.7 Å². The summed E-state index contributed by atoms with van der Waals surface area (Å²) in [5.74, 6) is 1.11. The number of hydrogen-bond acceptors (Lipinski definition) is 5. The molecule has 1 N–H and O–H groups in total. The normalized spacial score (nSPS) is 16.0. The SMILES string of the molecule is Cc1cc(C(=O)N(CCC(=O)NCCc2ccccn2)CC2CCCO2)c(C)o1. The predicted octanol–water partition coefficient (Wildman–Crippen LogP) is 2.66. The van der Waals surface area contributed by atoms with E-state index in [4.69, 9.17) is 9.15 Å². The molecule has 3 rings (SSSR count). The average Bonchev–Trinajstić information content (AvgIpc) is 3.34. The number of pyridine rings is 1. The largest absolute Gasteiger partial charge is 0.466 e. The molecule has 3 heterocycles. The Kier molecular flexibility index (Phi) is 7.41. The minimum atomic E-state index is -0.115. The van der Waals surface area contributed by atoms with Gasteiger partial charge in [0.05, 0.1) is 11.7 Å². The van der Waals surface area contributed by atoms with Crippen LogP contribution in [-0.4, -0.2) is 54.0 Å². The Morgan fingerprint density at radius 3 is 2.83 bits per heavy atom. The van der Waals surface area contributed by atoms with E-state index in [1.165, 1.54) is 0 Å². The number of nitrogens with one attached hydrogen (secondary N) is 1. The van der Waals surface area contributed by atoms with Gasteiger partial charge in [0.25, 0.3) is 5.91 Å². The summed E-state index contributed by atoms with van der Waals surface area (Å²) in [4.78, 5) is 31.3. The zero-order chi connectivity index (χ0) is 20.6. The van der Waals surface area contributed by atoms with E-state index in [1.54, 1.807) is 24.1 Å². The van der Waals surface area contributed by atoms with Crippen LogP contribution < -0.4 is 5.32 Å². The Morgan fingerprint density at radius 2 is 2.17 bits per heavy atom. The fourth-order valence-electron chi connectivity index (χ4n) is 3.52. The van der Waals surface area contributed by atoms with Gasteiger partial charge in [-0.2, -0.15) is 0 Å². The van der Waals surface area contributed by atoms with Crippen molar-refractivity contribution >= 4 is 11.8 Å². The van der Waals surface area contributed by atoms with Crippen LogP contribution >= 0.6 is 0 Å². The standard InChI is InChI=1S/C22H29N3O4/c1-16-14-20(17(2)29-16)22(27)25(15-19-7-5-13-28-19)12-9-21(26)24-11-8-18-6-3-4-10-23-18/h3-4,6,10,14,19H,5,7-9,11-13,15H2,1-2H3,(H,24,26). The van der Waals surface area contributed by atoms with E-state index in [0.717, 1.165) is 25.1 Å². The molecular weight excluding hydrogens is 370 g/mol. The molecular formula is C22H29N3O4. The molecule has 2 amide bonds. The number of aryl methyl sites for hydroxylation is 2. The summed E-state index contributed by atoms with van der Waals surface area (Å²) < 4.78 is 11.2. The van der Waals surface area contributed by atoms with Crippen LogP contribution in [0.5, 0.6) is 0 Å². The summed E-state index contributed by atoms with van der Waals surface area (Å²) in [7, 11) is 0. The number of furan rings is 1. The van der Waals surface area contributed by atoms with Crippen LogP contribution in [0.3, 0.4) is 0 Å². The molecule has 1 atom stereocenters. The minimum absolute atomic E-state index is 0.0273. The lowest BCUT2D eigenvalue weighted by Gasteiger charge is -2.25. The molecule has 0 aliphatic carbocycles. The van der Waals surface area contributed by atoms with E-state index in [2.05, 4.69) is 10.3 Å². The molecule has 1 saturated heterocycles.